The first kappa shape index (κ1) is 22.3. The molecule has 0 saturated heterocycles. The van der Waals surface area contributed by atoms with Gasteiger partial charge in [-0.25, -0.2) is 0 Å². The molecule has 0 amide bonds. The van der Waals surface area contributed by atoms with Gasteiger partial charge in [-0.15, -0.1) is 11.8 Å². The number of rotatable bonds is 12. The minimum absolute atomic E-state index is 0.0788. The van der Waals surface area contributed by atoms with Gasteiger partial charge in [-0.3, -0.25) is 4.79 Å². The second-order valence-corrected chi connectivity index (χ2v) is 8.18. The van der Waals surface area contributed by atoms with Crippen LogP contribution in [0.1, 0.15) is 57.1 Å². The molecule has 0 N–H and O–H groups in total. The maximum atomic E-state index is 12.0. The van der Waals surface area contributed by atoms with Crippen molar-refractivity contribution in [2.24, 2.45) is 5.92 Å². The Morgan fingerprint density at radius 1 is 1.00 bits per heavy atom. The van der Waals surface area contributed by atoms with Crippen molar-refractivity contribution in [1.29, 1.82) is 0 Å². The van der Waals surface area contributed by atoms with Crippen LogP contribution in [0.2, 0.25) is 0 Å². The van der Waals surface area contributed by atoms with Crippen molar-refractivity contribution in [2.75, 3.05) is 12.4 Å². The summed E-state index contributed by atoms with van der Waals surface area (Å²) < 4.78 is 5.46. The van der Waals surface area contributed by atoms with Gasteiger partial charge in [0.15, 0.2) is 0 Å². The maximum Gasteiger partial charge on any atom is 0.306 e. The van der Waals surface area contributed by atoms with Crippen molar-refractivity contribution >= 4 is 29.9 Å². The van der Waals surface area contributed by atoms with Crippen molar-refractivity contribution in [3.63, 3.8) is 0 Å². The van der Waals surface area contributed by atoms with E-state index in [0.29, 0.717) is 18.9 Å². The van der Waals surface area contributed by atoms with E-state index in [1.54, 1.807) is 11.8 Å². The average Bonchev–Trinajstić information content (AvgIpc) is 2.74. The van der Waals surface area contributed by atoms with Gasteiger partial charge in [0.2, 0.25) is 0 Å². The highest BCUT2D eigenvalue weighted by Gasteiger charge is 2.10. The molecule has 28 heavy (non-hydrogen) atoms. The number of hydrogen-bond donors (Lipinski definition) is 0. The van der Waals surface area contributed by atoms with Gasteiger partial charge in [0, 0.05) is 10.6 Å². The van der Waals surface area contributed by atoms with E-state index in [0.717, 1.165) is 18.6 Å². The molecule has 2 nitrogen and oxygen atoms in total. The molecule has 0 spiro atoms. The molecule has 2 rings (SSSR count). The number of carbonyl (C=O) groups excluding carboxylic acids is 1. The molecule has 0 aromatic heterocycles. The van der Waals surface area contributed by atoms with Crippen LogP contribution in [0.25, 0.3) is 12.2 Å². The molecule has 2 aromatic carbocycles. The van der Waals surface area contributed by atoms with E-state index in [9.17, 15) is 4.79 Å². The standard InChI is InChI=1S/C25H32O2S/c1-3-5-9-21(4-2)20-27-25(26)18-19-28-24-16-14-23(15-17-24)13-12-22-10-7-6-8-11-22/h6-8,10-17,21H,3-5,9,18-20H2,1-2H3. The fourth-order valence-electron chi connectivity index (χ4n) is 2.87. The van der Waals surface area contributed by atoms with Gasteiger partial charge in [-0.2, -0.15) is 0 Å². The average molecular weight is 397 g/mol. The third-order valence-electron chi connectivity index (χ3n) is 4.75. The van der Waals surface area contributed by atoms with Crippen molar-refractivity contribution in [3.8, 4) is 0 Å². The van der Waals surface area contributed by atoms with Crippen molar-refractivity contribution in [2.45, 2.75) is 50.8 Å². The number of ether oxygens (including phenoxy) is 1. The number of benzene rings is 2. The van der Waals surface area contributed by atoms with Crippen molar-refractivity contribution in [3.05, 3.63) is 65.7 Å². The van der Waals surface area contributed by atoms with Crippen molar-refractivity contribution < 1.29 is 9.53 Å². The summed E-state index contributed by atoms with van der Waals surface area (Å²) in [5.41, 5.74) is 2.37. The number of carbonyl (C=O) groups is 1. The van der Waals surface area contributed by atoms with E-state index in [1.807, 2.05) is 18.2 Å². The molecule has 0 radical (unpaired) electrons. The Morgan fingerprint density at radius 3 is 2.32 bits per heavy atom. The topological polar surface area (TPSA) is 26.3 Å². The number of unbranched alkanes of at least 4 members (excludes halogenated alkanes) is 1. The molecular weight excluding hydrogens is 364 g/mol. The van der Waals surface area contributed by atoms with Gasteiger partial charge in [-0.1, -0.05) is 87.7 Å². The van der Waals surface area contributed by atoms with Crippen LogP contribution in [0.4, 0.5) is 0 Å². The minimum Gasteiger partial charge on any atom is -0.465 e. The zero-order valence-corrected chi connectivity index (χ0v) is 17.9. The van der Waals surface area contributed by atoms with Crippen LogP contribution < -0.4 is 0 Å². The maximum absolute atomic E-state index is 12.0. The lowest BCUT2D eigenvalue weighted by atomic mass is 10.0. The Hall–Kier alpha value is -2.00. The summed E-state index contributed by atoms with van der Waals surface area (Å²) in [6.07, 6.45) is 9.33. The Bertz CT molecular complexity index is 707. The molecule has 0 aliphatic heterocycles. The van der Waals surface area contributed by atoms with E-state index in [1.165, 1.54) is 28.9 Å². The predicted molar refractivity (Wildman–Crippen MR) is 121 cm³/mol. The van der Waals surface area contributed by atoms with Gasteiger partial charge in [0.05, 0.1) is 13.0 Å². The van der Waals surface area contributed by atoms with E-state index in [4.69, 9.17) is 4.74 Å². The number of esters is 1. The zero-order chi connectivity index (χ0) is 20.0. The normalized spacial score (nSPS) is 12.2. The third kappa shape index (κ3) is 8.79. The van der Waals surface area contributed by atoms with Gasteiger partial charge in [-0.05, 0) is 35.6 Å². The van der Waals surface area contributed by atoms with E-state index in [-0.39, 0.29) is 5.97 Å². The summed E-state index contributed by atoms with van der Waals surface area (Å²) in [5, 5.41) is 0. The molecule has 1 unspecified atom stereocenters. The summed E-state index contributed by atoms with van der Waals surface area (Å²) in [4.78, 5) is 13.1. The Balaban J connectivity index is 1.68. The SMILES string of the molecule is CCCCC(CC)COC(=O)CCSc1ccc(C=Cc2ccccc2)cc1. The largest absolute Gasteiger partial charge is 0.465 e. The predicted octanol–water partition coefficient (Wildman–Crippen LogP) is 7.10. The Morgan fingerprint density at radius 2 is 1.68 bits per heavy atom. The molecule has 0 fully saturated rings. The molecule has 1 atom stereocenters. The van der Waals surface area contributed by atoms with Crippen LogP contribution in [0.3, 0.4) is 0 Å². The summed E-state index contributed by atoms with van der Waals surface area (Å²) in [6.45, 7) is 4.94. The molecule has 0 aliphatic carbocycles. The first-order valence-corrected chi connectivity index (χ1v) is 11.3. The number of hydrogen-bond acceptors (Lipinski definition) is 3. The second-order valence-electron chi connectivity index (χ2n) is 7.01. The smallest absolute Gasteiger partial charge is 0.306 e. The Kier molecular flexibility index (Phi) is 10.5. The van der Waals surface area contributed by atoms with Crippen LogP contribution in [-0.4, -0.2) is 18.3 Å². The molecule has 0 bridgehead atoms. The van der Waals surface area contributed by atoms with E-state index < -0.39 is 0 Å². The fourth-order valence-corrected chi connectivity index (χ4v) is 3.70. The molecule has 0 heterocycles. The molecule has 0 aliphatic rings. The lowest BCUT2D eigenvalue weighted by molar-refractivity contribution is -0.144. The monoisotopic (exact) mass is 396 g/mol. The highest BCUT2D eigenvalue weighted by atomic mass is 32.2. The summed E-state index contributed by atoms with van der Waals surface area (Å²) in [6, 6.07) is 18.7. The minimum atomic E-state index is -0.0788. The summed E-state index contributed by atoms with van der Waals surface area (Å²) in [5.74, 6) is 1.18. The van der Waals surface area contributed by atoms with Crippen molar-refractivity contribution in [1.82, 2.24) is 0 Å². The highest BCUT2D eigenvalue weighted by molar-refractivity contribution is 7.99. The van der Waals surface area contributed by atoms with Gasteiger partial charge in [0.1, 0.15) is 0 Å². The van der Waals surface area contributed by atoms with Crippen LogP contribution >= 0.6 is 11.8 Å². The van der Waals surface area contributed by atoms with Crippen LogP contribution in [0.15, 0.2) is 59.5 Å². The Labute approximate surface area is 174 Å². The molecule has 150 valence electrons. The first-order valence-electron chi connectivity index (χ1n) is 10.3. The molecule has 2 aromatic rings. The lowest BCUT2D eigenvalue weighted by Gasteiger charge is -2.14. The van der Waals surface area contributed by atoms with Gasteiger partial charge in [0.25, 0.3) is 0 Å². The fraction of sp³-hybridized carbons (Fsp3) is 0.400. The summed E-state index contributed by atoms with van der Waals surface area (Å²) in [7, 11) is 0. The van der Waals surface area contributed by atoms with Gasteiger partial charge >= 0.3 is 5.97 Å². The van der Waals surface area contributed by atoms with E-state index >= 15 is 0 Å². The second kappa shape index (κ2) is 13.2. The first-order chi connectivity index (χ1) is 13.7. The van der Waals surface area contributed by atoms with E-state index in [2.05, 4.69) is 62.4 Å². The number of thioether (sulfide) groups is 1. The highest BCUT2D eigenvalue weighted by Crippen LogP contribution is 2.21. The summed E-state index contributed by atoms with van der Waals surface area (Å²) >= 11 is 1.70. The van der Waals surface area contributed by atoms with Gasteiger partial charge < -0.3 is 4.74 Å². The molecular formula is C25H32O2S. The van der Waals surface area contributed by atoms with Crippen LogP contribution in [-0.2, 0) is 9.53 Å². The molecule has 3 heteroatoms. The zero-order valence-electron chi connectivity index (χ0n) is 17.1. The third-order valence-corrected chi connectivity index (χ3v) is 5.76. The molecule has 0 saturated carbocycles. The van der Waals surface area contributed by atoms with Crippen LogP contribution in [0.5, 0.6) is 0 Å². The van der Waals surface area contributed by atoms with Crippen LogP contribution in [0, 0.1) is 5.92 Å². The lowest BCUT2D eigenvalue weighted by Crippen LogP contribution is -2.14. The quantitative estimate of drug-likeness (QED) is 0.217.